The first-order chi connectivity index (χ1) is 13.6. The van der Waals surface area contributed by atoms with Crippen molar-refractivity contribution in [1.82, 2.24) is 5.43 Å². The standard InChI is InChI=1S/C20H17N3O5/c1-27-14-9-7-13(8-10-14)23-18(24)15-16(19(23)25)21-22-17(15)20(26)28-11-12-5-3-2-4-6-12/h2-10,15-16,21H,11H2,1H3/t15-,16+/m0/s1. The van der Waals surface area contributed by atoms with Crippen molar-refractivity contribution in [3.63, 3.8) is 0 Å². The Morgan fingerprint density at radius 3 is 2.46 bits per heavy atom. The maximum Gasteiger partial charge on any atom is 0.355 e. The van der Waals surface area contributed by atoms with Crippen molar-refractivity contribution in [2.75, 3.05) is 12.0 Å². The van der Waals surface area contributed by atoms with E-state index in [9.17, 15) is 14.4 Å². The lowest BCUT2D eigenvalue weighted by molar-refractivity contribution is -0.137. The van der Waals surface area contributed by atoms with Crippen LogP contribution in [0.15, 0.2) is 59.7 Å². The maximum atomic E-state index is 12.9. The Balaban J connectivity index is 1.50. The fourth-order valence-corrected chi connectivity index (χ4v) is 3.24. The Morgan fingerprint density at radius 1 is 1.07 bits per heavy atom. The monoisotopic (exact) mass is 379 g/mol. The van der Waals surface area contributed by atoms with Gasteiger partial charge in [0.25, 0.3) is 5.91 Å². The van der Waals surface area contributed by atoms with Crippen LogP contribution in [0.25, 0.3) is 0 Å². The van der Waals surface area contributed by atoms with Crippen LogP contribution >= 0.6 is 0 Å². The number of methoxy groups -OCH3 is 1. The second kappa shape index (κ2) is 7.15. The molecule has 1 fully saturated rings. The van der Waals surface area contributed by atoms with E-state index in [1.807, 2.05) is 30.3 Å². The Bertz CT molecular complexity index is 956. The van der Waals surface area contributed by atoms with Gasteiger partial charge < -0.3 is 9.47 Å². The zero-order chi connectivity index (χ0) is 19.7. The van der Waals surface area contributed by atoms with E-state index in [4.69, 9.17) is 9.47 Å². The number of hydrazone groups is 1. The summed E-state index contributed by atoms with van der Waals surface area (Å²) in [6.07, 6.45) is 0. The van der Waals surface area contributed by atoms with Gasteiger partial charge in [-0.3, -0.25) is 15.0 Å². The molecule has 4 rings (SSSR count). The van der Waals surface area contributed by atoms with Crippen LogP contribution in [0.3, 0.4) is 0 Å². The number of ether oxygens (including phenoxy) is 2. The molecule has 2 amide bonds. The predicted molar refractivity (Wildman–Crippen MR) is 99.6 cm³/mol. The van der Waals surface area contributed by atoms with Crippen molar-refractivity contribution in [2.45, 2.75) is 12.6 Å². The first-order valence-corrected chi connectivity index (χ1v) is 8.66. The zero-order valence-corrected chi connectivity index (χ0v) is 15.0. The predicted octanol–water partition coefficient (Wildman–Crippen LogP) is 1.26. The number of nitrogens with one attached hydrogen (secondary N) is 1. The van der Waals surface area contributed by atoms with Crippen molar-refractivity contribution in [1.29, 1.82) is 0 Å². The molecular formula is C20H17N3O5. The molecule has 2 aliphatic rings. The second-order valence-corrected chi connectivity index (χ2v) is 6.35. The largest absolute Gasteiger partial charge is 0.497 e. The number of carbonyl (C=O) groups is 3. The fourth-order valence-electron chi connectivity index (χ4n) is 3.24. The highest BCUT2D eigenvalue weighted by molar-refractivity contribution is 6.46. The van der Waals surface area contributed by atoms with E-state index >= 15 is 0 Å². The van der Waals surface area contributed by atoms with Crippen LogP contribution in [0, 0.1) is 5.92 Å². The van der Waals surface area contributed by atoms with Crippen molar-refractivity contribution in [3.05, 3.63) is 60.2 Å². The van der Waals surface area contributed by atoms with Crippen molar-refractivity contribution in [2.24, 2.45) is 11.0 Å². The van der Waals surface area contributed by atoms with E-state index < -0.39 is 29.7 Å². The fraction of sp³-hybridized carbons (Fsp3) is 0.200. The highest BCUT2D eigenvalue weighted by Crippen LogP contribution is 2.31. The van der Waals surface area contributed by atoms with E-state index in [1.165, 1.54) is 7.11 Å². The summed E-state index contributed by atoms with van der Waals surface area (Å²) in [6.45, 7) is 0.0560. The van der Waals surface area contributed by atoms with E-state index in [1.54, 1.807) is 24.3 Å². The first-order valence-electron chi connectivity index (χ1n) is 8.66. The Morgan fingerprint density at radius 2 is 1.79 bits per heavy atom. The van der Waals surface area contributed by atoms with Gasteiger partial charge in [0.15, 0.2) is 5.71 Å². The summed E-state index contributed by atoms with van der Waals surface area (Å²) >= 11 is 0. The molecule has 142 valence electrons. The molecule has 28 heavy (non-hydrogen) atoms. The lowest BCUT2D eigenvalue weighted by Crippen LogP contribution is -2.36. The third-order valence-corrected chi connectivity index (χ3v) is 4.68. The van der Waals surface area contributed by atoms with Gasteiger partial charge in [-0.05, 0) is 29.8 Å². The highest BCUT2D eigenvalue weighted by atomic mass is 16.5. The summed E-state index contributed by atoms with van der Waals surface area (Å²) in [6, 6.07) is 14.8. The molecule has 0 aromatic heterocycles. The van der Waals surface area contributed by atoms with Gasteiger partial charge in [-0.15, -0.1) is 0 Å². The SMILES string of the molecule is COc1ccc(N2C(=O)[C@@H]3C(C(=O)OCc4ccccc4)=NN[C@H]3C2=O)cc1. The van der Waals surface area contributed by atoms with Gasteiger partial charge in [0.2, 0.25) is 5.91 Å². The quantitative estimate of drug-likeness (QED) is 0.620. The topological polar surface area (TPSA) is 97.3 Å². The van der Waals surface area contributed by atoms with Crippen LogP contribution in [0.4, 0.5) is 5.69 Å². The third-order valence-electron chi connectivity index (χ3n) is 4.68. The molecular weight excluding hydrogens is 362 g/mol. The summed E-state index contributed by atoms with van der Waals surface area (Å²) in [5.74, 6) is -2.09. The zero-order valence-electron chi connectivity index (χ0n) is 15.0. The molecule has 0 radical (unpaired) electrons. The normalized spacial score (nSPS) is 20.5. The molecule has 1 saturated heterocycles. The van der Waals surface area contributed by atoms with Crippen LogP contribution in [0.5, 0.6) is 5.75 Å². The average Bonchev–Trinajstić information content (AvgIpc) is 3.27. The average molecular weight is 379 g/mol. The van der Waals surface area contributed by atoms with Crippen LogP contribution in [-0.4, -0.2) is 36.6 Å². The number of amides is 2. The molecule has 0 bridgehead atoms. The number of fused-ring (bicyclic) bond motifs is 1. The molecule has 0 saturated carbocycles. The lowest BCUT2D eigenvalue weighted by atomic mass is 9.99. The summed E-state index contributed by atoms with van der Waals surface area (Å²) < 4.78 is 10.4. The van der Waals surface area contributed by atoms with Gasteiger partial charge in [0, 0.05) is 0 Å². The van der Waals surface area contributed by atoms with Crippen LogP contribution < -0.4 is 15.1 Å². The van der Waals surface area contributed by atoms with Crippen molar-refractivity contribution < 1.29 is 23.9 Å². The van der Waals surface area contributed by atoms with Crippen molar-refractivity contribution >= 4 is 29.2 Å². The third kappa shape index (κ3) is 2.98. The second-order valence-electron chi connectivity index (χ2n) is 6.35. The molecule has 2 atom stereocenters. The summed E-state index contributed by atoms with van der Waals surface area (Å²) in [7, 11) is 1.53. The van der Waals surface area contributed by atoms with Crippen molar-refractivity contribution in [3.8, 4) is 5.75 Å². The number of carbonyl (C=O) groups excluding carboxylic acids is 3. The number of hydrogen-bond donors (Lipinski definition) is 1. The van der Waals surface area contributed by atoms with Gasteiger partial charge in [-0.25, -0.2) is 9.69 Å². The van der Waals surface area contributed by atoms with Gasteiger partial charge in [0.05, 0.1) is 12.8 Å². The number of esters is 1. The number of nitrogens with zero attached hydrogens (tertiary/aromatic N) is 2. The summed E-state index contributed by atoms with van der Waals surface area (Å²) in [5.41, 5.74) is 3.73. The maximum absolute atomic E-state index is 12.9. The molecule has 2 heterocycles. The molecule has 2 aromatic carbocycles. The first kappa shape index (κ1) is 17.7. The smallest absolute Gasteiger partial charge is 0.355 e. The Labute approximate surface area is 160 Å². The molecule has 8 nitrogen and oxygen atoms in total. The molecule has 0 spiro atoms. The minimum Gasteiger partial charge on any atom is -0.497 e. The van der Waals surface area contributed by atoms with Gasteiger partial charge in [-0.1, -0.05) is 30.3 Å². The van der Waals surface area contributed by atoms with E-state index in [0.717, 1.165) is 10.5 Å². The molecule has 8 heteroatoms. The van der Waals surface area contributed by atoms with Gasteiger partial charge >= 0.3 is 5.97 Å². The molecule has 1 N–H and O–H groups in total. The van der Waals surface area contributed by atoms with Crippen LogP contribution in [0.1, 0.15) is 5.56 Å². The molecule has 0 unspecified atom stereocenters. The number of rotatable bonds is 5. The van der Waals surface area contributed by atoms with Crippen LogP contribution in [0.2, 0.25) is 0 Å². The Kier molecular flexibility index (Phi) is 4.52. The highest BCUT2D eigenvalue weighted by Gasteiger charge is 2.55. The van der Waals surface area contributed by atoms with E-state index in [0.29, 0.717) is 11.4 Å². The number of anilines is 1. The van der Waals surface area contributed by atoms with Gasteiger partial charge in [0.1, 0.15) is 24.3 Å². The van der Waals surface area contributed by atoms with E-state index in [-0.39, 0.29) is 12.3 Å². The molecule has 2 aromatic rings. The number of hydrogen-bond acceptors (Lipinski definition) is 7. The molecule has 0 aliphatic carbocycles. The minimum atomic E-state index is -1.00. The lowest BCUT2D eigenvalue weighted by Gasteiger charge is -2.16. The number of benzene rings is 2. The Hall–Kier alpha value is -3.68. The van der Waals surface area contributed by atoms with Crippen LogP contribution in [-0.2, 0) is 25.7 Å². The minimum absolute atomic E-state index is 0.0560. The van der Waals surface area contributed by atoms with E-state index in [2.05, 4.69) is 10.5 Å². The number of imide groups is 1. The summed E-state index contributed by atoms with van der Waals surface area (Å²) in [4.78, 5) is 39.1. The molecule has 2 aliphatic heterocycles. The van der Waals surface area contributed by atoms with Gasteiger partial charge in [-0.2, -0.15) is 5.10 Å². The summed E-state index contributed by atoms with van der Waals surface area (Å²) in [5, 5.41) is 3.89.